The van der Waals surface area contributed by atoms with Gasteiger partial charge in [-0.3, -0.25) is 14.5 Å². The number of nitrogens with two attached hydrogens (primary N) is 1. The fourth-order valence-corrected chi connectivity index (χ4v) is 5.40. The lowest BCUT2D eigenvalue weighted by Gasteiger charge is -2.30. The highest BCUT2D eigenvalue weighted by molar-refractivity contribution is 8.13. The van der Waals surface area contributed by atoms with E-state index in [9.17, 15) is 9.18 Å². The Kier molecular flexibility index (Phi) is 4.67. The van der Waals surface area contributed by atoms with Gasteiger partial charge in [0.1, 0.15) is 10.6 Å². The highest BCUT2D eigenvalue weighted by Gasteiger charge is 2.32. The lowest BCUT2D eigenvalue weighted by molar-refractivity contribution is 0.103. The molecule has 6 nitrogen and oxygen atoms in total. The molecule has 0 bridgehead atoms. The van der Waals surface area contributed by atoms with Crippen molar-refractivity contribution in [2.75, 3.05) is 11.1 Å². The Morgan fingerprint density at radius 2 is 2.18 bits per heavy atom. The third-order valence-electron chi connectivity index (χ3n) is 4.92. The van der Waals surface area contributed by atoms with E-state index >= 15 is 0 Å². The summed E-state index contributed by atoms with van der Waals surface area (Å²) in [4.78, 5) is 18.7. The number of aryl methyl sites for hydroxylation is 2. The fourth-order valence-electron chi connectivity index (χ4n) is 3.41. The minimum atomic E-state index is -0.736. The number of thioether (sulfide) groups is 1. The first-order chi connectivity index (χ1) is 13.3. The molecule has 3 N–H and O–H groups in total. The van der Waals surface area contributed by atoms with E-state index in [2.05, 4.69) is 15.4 Å². The molecule has 1 atom stereocenters. The number of benzene rings is 1. The molecule has 4 rings (SSSR count). The maximum absolute atomic E-state index is 14.5. The van der Waals surface area contributed by atoms with Gasteiger partial charge in [-0.15, -0.1) is 11.3 Å². The second-order valence-electron chi connectivity index (χ2n) is 7.01. The van der Waals surface area contributed by atoms with Gasteiger partial charge in [-0.1, -0.05) is 11.8 Å². The van der Waals surface area contributed by atoms with Crippen LogP contribution in [0.4, 0.5) is 10.1 Å². The number of halogens is 1. The Labute approximate surface area is 170 Å². The van der Waals surface area contributed by atoms with Crippen molar-refractivity contribution in [3.8, 4) is 0 Å². The normalized spacial score (nSPS) is 19.6. The maximum Gasteiger partial charge on any atom is 0.265 e. The molecule has 1 aromatic carbocycles. The molecule has 0 fully saturated rings. The summed E-state index contributed by atoms with van der Waals surface area (Å²) in [6, 6.07) is 6.42. The first-order valence-corrected chi connectivity index (χ1v) is 10.6. The molecule has 1 unspecified atom stereocenters. The van der Waals surface area contributed by atoms with Crippen LogP contribution >= 0.6 is 23.1 Å². The number of anilines is 1. The number of carbonyl (C=O) groups is 1. The topological polar surface area (TPSA) is 85.3 Å². The van der Waals surface area contributed by atoms with Gasteiger partial charge in [-0.25, -0.2) is 4.39 Å². The van der Waals surface area contributed by atoms with Crippen molar-refractivity contribution >= 4 is 50.1 Å². The predicted octanol–water partition coefficient (Wildman–Crippen LogP) is 4.00. The van der Waals surface area contributed by atoms with Crippen LogP contribution in [-0.4, -0.2) is 26.6 Å². The van der Waals surface area contributed by atoms with Crippen molar-refractivity contribution in [1.82, 2.24) is 9.78 Å². The summed E-state index contributed by atoms with van der Waals surface area (Å²) >= 11 is 2.85. The second kappa shape index (κ2) is 6.89. The summed E-state index contributed by atoms with van der Waals surface area (Å²) in [7, 11) is 1.86. The van der Waals surface area contributed by atoms with Crippen molar-refractivity contribution < 1.29 is 9.18 Å². The Balaban J connectivity index is 1.63. The fraction of sp³-hybridized carbons (Fsp3) is 0.316. The van der Waals surface area contributed by atoms with E-state index in [0.717, 1.165) is 21.7 Å². The lowest BCUT2D eigenvalue weighted by atomic mass is 9.89. The van der Waals surface area contributed by atoms with E-state index in [4.69, 9.17) is 5.73 Å². The van der Waals surface area contributed by atoms with Gasteiger partial charge < -0.3 is 11.1 Å². The maximum atomic E-state index is 14.5. The molecule has 1 amide bonds. The van der Waals surface area contributed by atoms with Crippen LogP contribution in [0.3, 0.4) is 0 Å². The standard InChI is InChI=1S/C19H20FN5OS2/c1-10-12-9-15(28-17(12)25(3)24-10)16(26)22-11-4-5-14(20)13(8-11)19(2)6-7-27-18(21)23-19/h4-5,8-9H,6-7H2,1-3H3,(H2,21,23)(H,22,26). The molecule has 9 heteroatoms. The van der Waals surface area contributed by atoms with Crippen LogP contribution in [0.15, 0.2) is 29.3 Å². The van der Waals surface area contributed by atoms with E-state index in [1.807, 2.05) is 27.0 Å². The zero-order valence-electron chi connectivity index (χ0n) is 15.7. The molecule has 146 valence electrons. The minimum absolute atomic E-state index is 0.231. The number of fused-ring (bicyclic) bond motifs is 1. The smallest absolute Gasteiger partial charge is 0.265 e. The first kappa shape index (κ1) is 18.9. The number of rotatable bonds is 3. The van der Waals surface area contributed by atoms with E-state index in [1.165, 1.54) is 29.2 Å². The number of nitrogens with zero attached hydrogens (tertiary/aromatic N) is 3. The van der Waals surface area contributed by atoms with E-state index in [0.29, 0.717) is 27.7 Å². The van der Waals surface area contributed by atoms with Gasteiger partial charge in [0, 0.05) is 29.4 Å². The summed E-state index contributed by atoms with van der Waals surface area (Å²) in [5.41, 5.74) is 6.97. The van der Waals surface area contributed by atoms with Crippen molar-refractivity contribution in [3.63, 3.8) is 0 Å². The quantitative estimate of drug-likeness (QED) is 0.674. The number of carbonyl (C=O) groups excluding carboxylic acids is 1. The third kappa shape index (κ3) is 3.29. The first-order valence-electron chi connectivity index (χ1n) is 8.79. The molecule has 0 spiro atoms. The van der Waals surface area contributed by atoms with Gasteiger partial charge in [0.25, 0.3) is 5.91 Å². The summed E-state index contributed by atoms with van der Waals surface area (Å²) in [5, 5.41) is 8.65. The molecule has 0 radical (unpaired) electrons. The molecule has 3 aromatic rings. The molecule has 3 heterocycles. The highest BCUT2D eigenvalue weighted by atomic mass is 32.2. The largest absolute Gasteiger partial charge is 0.379 e. The number of thiophene rings is 1. The zero-order chi connectivity index (χ0) is 20.1. The predicted molar refractivity (Wildman–Crippen MR) is 114 cm³/mol. The molecule has 1 aliphatic rings. The summed E-state index contributed by atoms with van der Waals surface area (Å²) in [6.45, 7) is 3.78. The molecule has 1 aliphatic heterocycles. The Morgan fingerprint density at radius 3 is 2.89 bits per heavy atom. The van der Waals surface area contributed by atoms with E-state index in [-0.39, 0.29) is 11.7 Å². The van der Waals surface area contributed by atoms with Gasteiger partial charge >= 0.3 is 0 Å². The SMILES string of the molecule is Cc1nn(C)c2sc(C(=O)Nc3ccc(F)c(C4(C)CCSC(N)=N4)c3)cc12. The summed E-state index contributed by atoms with van der Waals surface area (Å²) in [5.74, 6) is 0.190. The minimum Gasteiger partial charge on any atom is -0.379 e. The van der Waals surface area contributed by atoms with Crippen LogP contribution in [0.2, 0.25) is 0 Å². The van der Waals surface area contributed by atoms with Gasteiger partial charge in [0.05, 0.1) is 16.1 Å². The molecule has 2 aromatic heterocycles. The number of aliphatic imine (C=N–C) groups is 1. The number of amidine groups is 1. The van der Waals surface area contributed by atoms with E-state index < -0.39 is 5.54 Å². The Hall–Kier alpha value is -2.39. The zero-order valence-corrected chi connectivity index (χ0v) is 17.4. The van der Waals surface area contributed by atoms with Crippen molar-refractivity contribution in [2.45, 2.75) is 25.8 Å². The summed E-state index contributed by atoms with van der Waals surface area (Å²) < 4.78 is 16.3. The molecular weight excluding hydrogens is 397 g/mol. The Morgan fingerprint density at radius 1 is 1.39 bits per heavy atom. The second-order valence-corrected chi connectivity index (χ2v) is 9.16. The molecule has 0 saturated heterocycles. The van der Waals surface area contributed by atoms with Gasteiger partial charge in [0.15, 0.2) is 5.17 Å². The summed E-state index contributed by atoms with van der Waals surface area (Å²) in [6.07, 6.45) is 0.676. The van der Waals surface area contributed by atoms with Crippen molar-refractivity contribution in [1.29, 1.82) is 0 Å². The number of amides is 1. The number of aromatic nitrogens is 2. The van der Waals surface area contributed by atoms with Crippen LogP contribution in [-0.2, 0) is 12.6 Å². The number of hydrogen-bond acceptors (Lipinski definition) is 6. The van der Waals surface area contributed by atoms with Gasteiger partial charge in [0.2, 0.25) is 0 Å². The average molecular weight is 418 g/mol. The molecular formula is C19H20FN5OS2. The van der Waals surface area contributed by atoms with Crippen LogP contribution in [0.25, 0.3) is 10.2 Å². The lowest BCUT2D eigenvalue weighted by Crippen LogP contribution is -2.29. The average Bonchev–Trinajstić information content (AvgIpc) is 3.18. The third-order valence-corrected chi connectivity index (χ3v) is 6.92. The molecule has 0 aliphatic carbocycles. The highest BCUT2D eigenvalue weighted by Crippen LogP contribution is 2.37. The van der Waals surface area contributed by atoms with Crippen LogP contribution in [0, 0.1) is 12.7 Å². The van der Waals surface area contributed by atoms with Crippen molar-refractivity contribution in [2.24, 2.45) is 17.8 Å². The Bertz CT molecular complexity index is 1080. The number of hydrogen-bond donors (Lipinski definition) is 2. The van der Waals surface area contributed by atoms with E-state index in [1.54, 1.807) is 16.8 Å². The van der Waals surface area contributed by atoms with Gasteiger partial charge in [-0.05, 0) is 44.5 Å². The number of nitrogens with one attached hydrogen (secondary N) is 1. The monoisotopic (exact) mass is 417 g/mol. The molecule has 28 heavy (non-hydrogen) atoms. The van der Waals surface area contributed by atoms with Gasteiger partial charge in [-0.2, -0.15) is 5.10 Å². The molecule has 0 saturated carbocycles. The van der Waals surface area contributed by atoms with Crippen LogP contribution in [0.5, 0.6) is 0 Å². The van der Waals surface area contributed by atoms with Crippen LogP contribution < -0.4 is 11.1 Å². The van der Waals surface area contributed by atoms with Crippen molar-refractivity contribution in [3.05, 3.63) is 46.2 Å². The van der Waals surface area contributed by atoms with Crippen LogP contribution in [0.1, 0.15) is 34.3 Å².